The first-order chi connectivity index (χ1) is 7.49. The number of allylic oxidation sites excluding steroid dienone is 1. The van der Waals surface area contributed by atoms with Crippen molar-refractivity contribution in [3.05, 3.63) is 35.9 Å². The molecule has 86 valence electrons. The Morgan fingerprint density at radius 2 is 2.19 bits per heavy atom. The molecule has 16 heavy (non-hydrogen) atoms. The molecule has 0 aliphatic carbocycles. The van der Waals surface area contributed by atoms with E-state index in [4.69, 9.17) is 5.73 Å². The summed E-state index contributed by atoms with van der Waals surface area (Å²) in [5.74, 6) is -0.101. The lowest BCUT2D eigenvalue weighted by atomic mass is 9.92. The Bertz CT molecular complexity index is 422. The third-order valence-corrected chi connectivity index (χ3v) is 2.44. The van der Waals surface area contributed by atoms with Gasteiger partial charge >= 0.3 is 0 Å². The number of benzene rings is 1. The maximum absolute atomic E-state index is 12.0. The maximum Gasteiger partial charge on any atom is 0.167 e. The van der Waals surface area contributed by atoms with E-state index in [9.17, 15) is 9.90 Å². The number of nitrogens with two attached hydrogens (primary N) is 1. The molecule has 3 heteroatoms. The van der Waals surface area contributed by atoms with Crippen LogP contribution in [0.1, 0.15) is 29.8 Å². The van der Waals surface area contributed by atoms with Gasteiger partial charge in [0, 0.05) is 22.7 Å². The molecule has 0 unspecified atom stereocenters. The Hall–Kier alpha value is -1.77. The first-order valence-corrected chi connectivity index (χ1v) is 5.24. The Kier molecular flexibility index (Phi) is 3.72. The maximum atomic E-state index is 12.0. The third kappa shape index (κ3) is 2.24. The minimum Gasteiger partial charge on any atom is -0.508 e. The van der Waals surface area contributed by atoms with Gasteiger partial charge in [-0.15, -0.1) is 6.58 Å². The Labute approximate surface area is 95.6 Å². The summed E-state index contributed by atoms with van der Waals surface area (Å²) in [6.07, 6.45) is 2.08. The Morgan fingerprint density at radius 3 is 2.69 bits per heavy atom. The molecular formula is C13H17NO2. The number of ketones is 1. The molecule has 1 rings (SSSR count). The van der Waals surface area contributed by atoms with Gasteiger partial charge in [-0.3, -0.25) is 4.79 Å². The number of anilines is 1. The van der Waals surface area contributed by atoms with Crippen molar-refractivity contribution < 1.29 is 9.90 Å². The molecule has 0 heterocycles. The lowest BCUT2D eigenvalue weighted by molar-refractivity contribution is 0.0939. The standard InChI is InChI=1S/C13H17NO2/c1-4-5-9-11(15)7-6-10(14)12(9)13(16)8(2)3/h4,6-8,15H,1,5,14H2,2-3H3. The van der Waals surface area contributed by atoms with Crippen molar-refractivity contribution in [1.29, 1.82) is 0 Å². The second-order valence-corrected chi connectivity index (χ2v) is 4.04. The van der Waals surface area contributed by atoms with Gasteiger partial charge < -0.3 is 10.8 Å². The van der Waals surface area contributed by atoms with Gasteiger partial charge in [-0.1, -0.05) is 19.9 Å². The average molecular weight is 219 g/mol. The van der Waals surface area contributed by atoms with E-state index in [1.165, 1.54) is 6.07 Å². The second kappa shape index (κ2) is 4.84. The fourth-order valence-electron chi connectivity index (χ4n) is 1.59. The van der Waals surface area contributed by atoms with E-state index in [-0.39, 0.29) is 17.5 Å². The number of hydrogen-bond donors (Lipinski definition) is 2. The second-order valence-electron chi connectivity index (χ2n) is 4.04. The minimum absolute atomic E-state index is 0.0507. The highest BCUT2D eigenvalue weighted by molar-refractivity contribution is 6.03. The molecule has 0 amide bonds. The average Bonchev–Trinajstić information content (AvgIpc) is 2.23. The molecular weight excluding hydrogens is 202 g/mol. The molecule has 0 atom stereocenters. The van der Waals surface area contributed by atoms with Crippen LogP contribution in [0.4, 0.5) is 5.69 Å². The molecule has 0 bridgehead atoms. The lowest BCUT2D eigenvalue weighted by Crippen LogP contribution is -2.13. The minimum atomic E-state index is -0.146. The fraction of sp³-hybridized carbons (Fsp3) is 0.308. The number of rotatable bonds is 4. The fourth-order valence-corrected chi connectivity index (χ4v) is 1.59. The molecule has 1 aromatic carbocycles. The summed E-state index contributed by atoms with van der Waals surface area (Å²) >= 11 is 0. The highest BCUT2D eigenvalue weighted by atomic mass is 16.3. The zero-order chi connectivity index (χ0) is 12.3. The van der Waals surface area contributed by atoms with E-state index in [1.54, 1.807) is 12.1 Å². The molecule has 3 N–H and O–H groups in total. The zero-order valence-corrected chi connectivity index (χ0v) is 9.66. The number of carbonyl (C=O) groups excluding carboxylic acids is 1. The van der Waals surface area contributed by atoms with Crippen LogP contribution >= 0.6 is 0 Å². The van der Waals surface area contributed by atoms with E-state index >= 15 is 0 Å². The van der Waals surface area contributed by atoms with Crippen LogP contribution < -0.4 is 5.73 Å². The summed E-state index contributed by atoms with van der Waals surface area (Å²) in [5.41, 5.74) is 7.19. The molecule has 3 nitrogen and oxygen atoms in total. The van der Waals surface area contributed by atoms with Gasteiger partial charge in [0.05, 0.1) is 0 Å². The first-order valence-electron chi connectivity index (χ1n) is 5.24. The normalized spacial score (nSPS) is 10.4. The monoisotopic (exact) mass is 219 g/mol. The SMILES string of the molecule is C=CCc1c(O)ccc(N)c1C(=O)C(C)C. The molecule has 0 radical (unpaired) electrons. The summed E-state index contributed by atoms with van der Waals surface area (Å²) in [4.78, 5) is 12.0. The number of aromatic hydroxyl groups is 1. The molecule has 0 aliphatic heterocycles. The summed E-state index contributed by atoms with van der Waals surface area (Å²) in [7, 11) is 0. The number of nitrogen functional groups attached to an aromatic ring is 1. The van der Waals surface area contributed by atoms with Crippen LogP contribution in [-0.2, 0) is 6.42 Å². The van der Waals surface area contributed by atoms with Crippen LogP contribution in [0.2, 0.25) is 0 Å². The molecule has 0 spiro atoms. The van der Waals surface area contributed by atoms with Gasteiger partial charge in [-0.2, -0.15) is 0 Å². The Balaban J connectivity index is 3.39. The predicted molar refractivity (Wildman–Crippen MR) is 65.6 cm³/mol. The van der Waals surface area contributed by atoms with Crippen molar-refractivity contribution in [2.75, 3.05) is 5.73 Å². The van der Waals surface area contributed by atoms with Crippen LogP contribution in [0.15, 0.2) is 24.8 Å². The van der Waals surface area contributed by atoms with Crippen LogP contribution in [-0.4, -0.2) is 10.9 Å². The quantitative estimate of drug-likeness (QED) is 0.354. The van der Waals surface area contributed by atoms with Crippen molar-refractivity contribution in [1.82, 2.24) is 0 Å². The first kappa shape index (κ1) is 12.3. The molecule has 0 saturated heterocycles. The van der Waals surface area contributed by atoms with E-state index in [0.717, 1.165) is 0 Å². The van der Waals surface area contributed by atoms with Crippen LogP contribution in [0.5, 0.6) is 5.75 Å². The third-order valence-electron chi connectivity index (χ3n) is 2.44. The van der Waals surface area contributed by atoms with E-state index in [0.29, 0.717) is 23.2 Å². The highest BCUT2D eigenvalue weighted by Crippen LogP contribution is 2.29. The van der Waals surface area contributed by atoms with Gasteiger partial charge in [0.1, 0.15) is 5.75 Å². The van der Waals surface area contributed by atoms with Crippen molar-refractivity contribution in [2.24, 2.45) is 5.92 Å². The number of Topliss-reactive ketones (excluding diaryl/α,β-unsaturated/α-hetero) is 1. The predicted octanol–water partition coefficient (Wildman–Crippen LogP) is 2.54. The van der Waals surface area contributed by atoms with Crippen molar-refractivity contribution in [2.45, 2.75) is 20.3 Å². The number of phenolic OH excluding ortho intramolecular Hbond substituents is 1. The van der Waals surface area contributed by atoms with Crippen LogP contribution in [0.25, 0.3) is 0 Å². The summed E-state index contributed by atoms with van der Waals surface area (Å²) < 4.78 is 0. The molecule has 1 aromatic rings. The van der Waals surface area contributed by atoms with E-state index in [1.807, 2.05) is 13.8 Å². The van der Waals surface area contributed by atoms with Gasteiger partial charge in [0.15, 0.2) is 5.78 Å². The smallest absolute Gasteiger partial charge is 0.167 e. The number of phenols is 1. The molecule has 0 aromatic heterocycles. The van der Waals surface area contributed by atoms with Crippen molar-refractivity contribution >= 4 is 11.5 Å². The number of hydrogen-bond acceptors (Lipinski definition) is 3. The molecule has 0 fully saturated rings. The Morgan fingerprint density at radius 1 is 1.56 bits per heavy atom. The highest BCUT2D eigenvalue weighted by Gasteiger charge is 2.19. The van der Waals surface area contributed by atoms with Gasteiger partial charge in [-0.25, -0.2) is 0 Å². The van der Waals surface area contributed by atoms with Gasteiger partial charge in [-0.05, 0) is 18.6 Å². The van der Waals surface area contributed by atoms with Gasteiger partial charge in [0.25, 0.3) is 0 Å². The molecule has 0 saturated carbocycles. The summed E-state index contributed by atoms with van der Waals surface area (Å²) in [5, 5.41) is 9.72. The van der Waals surface area contributed by atoms with Gasteiger partial charge in [0.2, 0.25) is 0 Å². The van der Waals surface area contributed by atoms with Crippen molar-refractivity contribution in [3.8, 4) is 5.75 Å². The lowest BCUT2D eigenvalue weighted by Gasteiger charge is -2.13. The van der Waals surface area contributed by atoms with E-state index in [2.05, 4.69) is 6.58 Å². The zero-order valence-electron chi connectivity index (χ0n) is 9.66. The largest absolute Gasteiger partial charge is 0.508 e. The van der Waals surface area contributed by atoms with Crippen LogP contribution in [0.3, 0.4) is 0 Å². The topological polar surface area (TPSA) is 63.3 Å². The summed E-state index contributed by atoms with van der Waals surface area (Å²) in [6, 6.07) is 3.06. The van der Waals surface area contributed by atoms with Crippen LogP contribution in [0, 0.1) is 5.92 Å². The summed E-state index contributed by atoms with van der Waals surface area (Å²) in [6.45, 7) is 7.23. The number of carbonyl (C=O) groups is 1. The van der Waals surface area contributed by atoms with E-state index < -0.39 is 0 Å². The molecule has 0 aliphatic rings. The van der Waals surface area contributed by atoms with Crippen molar-refractivity contribution in [3.63, 3.8) is 0 Å².